The summed E-state index contributed by atoms with van der Waals surface area (Å²) < 4.78 is 0. The van der Waals surface area contributed by atoms with Crippen LogP contribution in [0.1, 0.15) is 49.7 Å². The smallest absolute Gasteiger partial charge is 0.323 e. The van der Waals surface area contributed by atoms with Gasteiger partial charge in [0.2, 0.25) is 0 Å². The van der Waals surface area contributed by atoms with Gasteiger partial charge in [-0.25, -0.2) is 0 Å². The number of carboxylic acid groups (broad SMARTS) is 1. The molecule has 3 heteroatoms. The third kappa shape index (κ3) is 2.24. The van der Waals surface area contributed by atoms with E-state index in [0.717, 1.165) is 25.9 Å². The van der Waals surface area contributed by atoms with Crippen LogP contribution in [0.5, 0.6) is 0 Å². The maximum absolute atomic E-state index is 11.6. The monoisotopic (exact) mass is 273 g/mol. The van der Waals surface area contributed by atoms with Crippen molar-refractivity contribution in [3.63, 3.8) is 0 Å². The van der Waals surface area contributed by atoms with Crippen LogP contribution in [0.25, 0.3) is 0 Å². The van der Waals surface area contributed by atoms with Gasteiger partial charge in [0.05, 0.1) is 0 Å². The Balaban J connectivity index is 1.81. The second kappa shape index (κ2) is 5.21. The van der Waals surface area contributed by atoms with Crippen molar-refractivity contribution in [3.8, 4) is 0 Å². The van der Waals surface area contributed by atoms with E-state index in [1.807, 2.05) is 6.92 Å². The zero-order chi connectivity index (χ0) is 14.2. The van der Waals surface area contributed by atoms with E-state index in [1.54, 1.807) is 0 Å². The molecule has 20 heavy (non-hydrogen) atoms. The second-order valence-electron chi connectivity index (χ2n) is 6.42. The first-order valence-electron chi connectivity index (χ1n) is 7.67. The summed E-state index contributed by atoms with van der Waals surface area (Å²) >= 11 is 0. The van der Waals surface area contributed by atoms with Crippen molar-refractivity contribution in [3.05, 3.63) is 35.4 Å². The van der Waals surface area contributed by atoms with Gasteiger partial charge in [0.25, 0.3) is 0 Å². The fraction of sp³-hybridized carbons (Fsp3) is 0.588. The zero-order valence-corrected chi connectivity index (χ0v) is 12.1. The van der Waals surface area contributed by atoms with E-state index in [1.165, 1.54) is 30.4 Å². The lowest BCUT2D eigenvalue weighted by molar-refractivity contribution is -0.148. The Labute approximate surface area is 120 Å². The van der Waals surface area contributed by atoms with Gasteiger partial charge in [-0.2, -0.15) is 0 Å². The van der Waals surface area contributed by atoms with Gasteiger partial charge >= 0.3 is 5.97 Å². The average Bonchev–Trinajstić information content (AvgIpc) is 2.82. The fourth-order valence-corrected chi connectivity index (χ4v) is 3.86. The van der Waals surface area contributed by atoms with Crippen molar-refractivity contribution in [1.29, 1.82) is 0 Å². The van der Waals surface area contributed by atoms with Crippen molar-refractivity contribution in [2.24, 2.45) is 0 Å². The number of nitrogens with zero attached hydrogens (tertiary/aromatic N) is 1. The van der Waals surface area contributed by atoms with Gasteiger partial charge in [0, 0.05) is 6.54 Å². The Morgan fingerprint density at radius 3 is 3.00 bits per heavy atom. The molecular weight excluding hydrogens is 250 g/mol. The predicted molar refractivity (Wildman–Crippen MR) is 79.0 cm³/mol. The molecule has 0 spiro atoms. The number of likely N-dealkylation sites (tertiary alicyclic amines) is 1. The Morgan fingerprint density at radius 2 is 2.20 bits per heavy atom. The first-order chi connectivity index (χ1) is 9.61. The van der Waals surface area contributed by atoms with E-state index < -0.39 is 11.5 Å². The number of hydrogen-bond donors (Lipinski definition) is 1. The molecule has 0 saturated carbocycles. The minimum absolute atomic E-state index is 0.497. The summed E-state index contributed by atoms with van der Waals surface area (Å²) in [7, 11) is 0. The maximum atomic E-state index is 11.6. The molecule has 1 aliphatic carbocycles. The number of aryl methyl sites for hydroxylation is 1. The third-order valence-corrected chi connectivity index (χ3v) is 5.18. The van der Waals surface area contributed by atoms with Crippen molar-refractivity contribution in [1.82, 2.24) is 4.90 Å². The SMILES string of the molecule is CC1(C(=O)O)CCCN1CC1CCCc2ccccc21. The van der Waals surface area contributed by atoms with Crippen molar-refractivity contribution in [2.45, 2.75) is 50.5 Å². The van der Waals surface area contributed by atoms with Crippen LogP contribution < -0.4 is 0 Å². The van der Waals surface area contributed by atoms with E-state index in [2.05, 4.69) is 29.2 Å². The van der Waals surface area contributed by atoms with Crippen LogP contribution in [0.2, 0.25) is 0 Å². The molecule has 1 fully saturated rings. The minimum atomic E-state index is -0.668. The van der Waals surface area contributed by atoms with Crippen LogP contribution >= 0.6 is 0 Å². The molecule has 1 heterocycles. The van der Waals surface area contributed by atoms with Gasteiger partial charge in [0.1, 0.15) is 5.54 Å². The van der Waals surface area contributed by atoms with Crippen molar-refractivity contribution < 1.29 is 9.90 Å². The summed E-state index contributed by atoms with van der Waals surface area (Å²) in [5, 5.41) is 9.53. The van der Waals surface area contributed by atoms with Crippen LogP contribution in [-0.2, 0) is 11.2 Å². The van der Waals surface area contributed by atoms with E-state index in [9.17, 15) is 9.90 Å². The standard InChI is InChI=1S/C17H23NO2/c1-17(16(19)20)10-5-11-18(17)12-14-8-4-7-13-6-2-3-9-15(13)14/h2-3,6,9,14H,4-5,7-8,10-12H2,1H3,(H,19,20). The molecule has 1 aliphatic heterocycles. The highest BCUT2D eigenvalue weighted by Crippen LogP contribution is 2.36. The number of carbonyl (C=O) groups is 1. The van der Waals surface area contributed by atoms with E-state index >= 15 is 0 Å². The molecule has 1 saturated heterocycles. The Kier molecular flexibility index (Phi) is 3.55. The lowest BCUT2D eigenvalue weighted by Crippen LogP contribution is -2.49. The highest BCUT2D eigenvalue weighted by Gasteiger charge is 2.44. The third-order valence-electron chi connectivity index (χ3n) is 5.18. The van der Waals surface area contributed by atoms with Gasteiger partial charge in [-0.05, 0) is 62.6 Å². The molecule has 1 aromatic carbocycles. The molecule has 0 bridgehead atoms. The normalized spacial score (nSPS) is 30.1. The summed E-state index contributed by atoms with van der Waals surface area (Å²) in [6.07, 6.45) is 5.35. The number of hydrogen-bond acceptors (Lipinski definition) is 2. The lowest BCUT2D eigenvalue weighted by Gasteiger charge is -2.36. The summed E-state index contributed by atoms with van der Waals surface area (Å²) in [6.45, 7) is 3.69. The van der Waals surface area contributed by atoms with E-state index in [-0.39, 0.29) is 0 Å². The molecule has 108 valence electrons. The number of rotatable bonds is 3. The van der Waals surface area contributed by atoms with Gasteiger partial charge in [-0.3, -0.25) is 9.69 Å². The number of fused-ring (bicyclic) bond motifs is 1. The van der Waals surface area contributed by atoms with Gasteiger partial charge < -0.3 is 5.11 Å². The highest BCUT2D eigenvalue weighted by atomic mass is 16.4. The number of carboxylic acids is 1. The maximum Gasteiger partial charge on any atom is 0.323 e. The summed E-state index contributed by atoms with van der Waals surface area (Å²) in [6, 6.07) is 8.67. The number of aliphatic carboxylic acids is 1. The Morgan fingerprint density at radius 1 is 1.40 bits per heavy atom. The highest BCUT2D eigenvalue weighted by molar-refractivity contribution is 5.78. The topological polar surface area (TPSA) is 40.5 Å². The van der Waals surface area contributed by atoms with Crippen molar-refractivity contribution >= 4 is 5.97 Å². The zero-order valence-electron chi connectivity index (χ0n) is 12.1. The predicted octanol–water partition coefficient (Wildman–Crippen LogP) is 3.05. The molecule has 1 aromatic rings. The lowest BCUT2D eigenvalue weighted by atomic mass is 9.82. The molecule has 3 nitrogen and oxygen atoms in total. The van der Waals surface area contributed by atoms with E-state index in [0.29, 0.717) is 5.92 Å². The molecule has 0 radical (unpaired) electrons. The Hall–Kier alpha value is -1.35. The molecule has 0 aromatic heterocycles. The second-order valence-corrected chi connectivity index (χ2v) is 6.42. The van der Waals surface area contributed by atoms with Gasteiger partial charge in [-0.1, -0.05) is 24.3 Å². The van der Waals surface area contributed by atoms with Crippen molar-refractivity contribution in [2.75, 3.05) is 13.1 Å². The summed E-state index contributed by atoms with van der Waals surface area (Å²) in [5.74, 6) is -0.171. The molecule has 1 N–H and O–H groups in total. The molecule has 2 atom stereocenters. The first-order valence-corrected chi connectivity index (χ1v) is 7.67. The fourth-order valence-electron chi connectivity index (χ4n) is 3.86. The average molecular weight is 273 g/mol. The van der Waals surface area contributed by atoms with Gasteiger partial charge in [0.15, 0.2) is 0 Å². The quantitative estimate of drug-likeness (QED) is 0.920. The molecule has 0 amide bonds. The van der Waals surface area contributed by atoms with Crippen LogP contribution in [0, 0.1) is 0 Å². The van der Waals surface area contributed by atoms with Gasteiger partial charge in [-0.15, -0.1) is 0 Å². The summed E-state index contributed by atoms with van der Waals surface area (Å²) in [4.78, 5) is 13.8. The molecular formula is C17H23NO2. The van der Waals surface area contributed by atoms with E-state index in [4.69, 9.17) is 0 Å². The van der Waals surface area contributed by atoms with Crippen LogP contribution in [0.4, 0.5) is 0 Å². The minimum Gasteiger partial charge on any atom is -0.480 e. The molecule has 2 aliphatic rings. The van der Waals surface area contributed by atoms with Crippen LogP contribution in [0.3, 0.4) is 0 Å². The Bertz CT molecular complexity index is 513. The van der Waals surface area contributed by atoms with Crippen LogP contribution in [0.15, 0.2) is 24.3 Å². The first kappa shape index (κ1) is 13.6. The molecule has 3 rings (SSSR count). The number of benzene rings is 1. The largest absolute Gasteiger partial charge is 0.480 e. The summed E-state index contributed by atoms with van der Waals surface area (Å²) in [5.41, 5.74) is 2.24. The molecule has 2 unspecified atom stereocenters. The van der Waals surface area contributed by atoms with Crippen LogP contribution in [-0.4, -0.2) is 34.6 Å².